The van der Waals surface area contributed by atoms with Gasteiger partial charge in [0.25, 0.3) is 0 Å². The van der Waals surface area contributed by atoms with Crippen LogP contribution < -0.4 is 10.6 Å². The maximum atomic E-state index is 15.3. The highest BCUT2D eigenvalue weighted by molar-refractivity contribution is 5.83. The van der Waals surface area contributed by atoms with E-state index in [9.17, 15) is 0 Å². The summed E-state index contributed by atoms with van der Waals surface area (Å²) in [7, 11) is 1.87. The number of imidazole rings is 1. The molecule has 0 aliphatic carbocycles. The van der Waals surface area contributed by atoms with Crippen LogP contribution in [0.5, 0.6) is 0 Å². The number of ether oxygens (including phenoxy) is 1. The third kappa shape index (κ3) is 8.40. The molecule has 35 heavy (non-hydrogen) atoms. The number of unbranched alkanes of at least 4 members (excludes halogenated alkanes) is 1. The van der Waals surface area contributed by atoms with E-state index in [1.165, 1.54) is 0 Å². The molecule has 0 saturated carbocycles. The molecule has 0 radical (unpaired) electrons. The fraction of sp³-hybridized carbons (Fsp3) is 0.345. The van der Waals surface area contributed by atoms with E-state index in [0.29, 0.717) is 31.0 Å². The van der Waals surface area contributed by atoms with E-state index < -0.39 is 0 Å². The molecule has 0 spiro atoms. The summed E-state index contributed by atoms with van der Waals surface area (Å²) in [4.78, 5) is 4.23. The molecule has 186 valence electrons. The van der Waals surface area contributed by atoms with Crippen LogP contribution in [0.25, 0.3) is 11.0 Å². The van der Waals surface area contributed by atoms with Gasteiger partial charge >= 0.3 is 0 Å². The van der Waals surface area contributed by atoms with Crippen molar-refractivity contribution in [1.82, 2.24) is 14.9 Å². The fourth-order valence-electron chi connectivity index (χ4n) is 3.44. The lowest BCUT2D eigenvalue weighted by Gasteiger charge is -2.15. The number of nitrogens with one attached hydrogen (secondary N) is 2. The zero-order valence-corrected chi connectivity index (χ0v) is 21.3. The zero-order valence-electron chi connectivity index (χ0n) is 21.3. The molecular formula is C29H37FN4O. The number of hydrogen-bond acceptors (Lipinski definition) is 4. The summed E-state index contributed by atoms with van der Waals surface area (Å²) in [5.41, 5.74) is 5.27. The van der Waals surface area contributed by atoms with Gasteiger partial charge in [0.2, 0.25) is 0 Å². The van der Waals surface area contributed by atoms with Crippen LogP contribution in [0.2, 0.25) is 0 Å². The van der Waals surface area contributed by atoms with Crippen molar-refractivity contribution >= 4 is 16.7 Å². The van der Waals surface area contributed by atoms with E-state index in [0.717, 1.165) is 47.3 Å². The highest BCUT2D eigenvalue weighted by atomic mass is 19.1. The third-order valence-corrected chi connectivity index (χ3v) is 5.55. The largest absolute Gasteiger partial charge is 0.377 e. The van der Waals surface area contributed by atoms with Gasteiger partial charge in [-0.15, -0.1) is 6.42 Å². The monoisotopic (exact) mass is 476 g/mol. The SMILES string of the molecule is C#C/C=C\C=C(\C)C(=C)COCCCCNCc1cc2c(ncn2C)c(F)c1NC(/C=C\C)=C/C. The smallest absolute Gasteiger partial charge is 0.174 e. The van der Waals surface area contributed by atoms with Crippen molar-refractivity contribution in [2.45, 2.75) is 40.2 Å². The normalized spacial score (nSPS) is 12.7. The van der Waals surface area contributed by atoms with Crippen LogP contribution in [0.4, 0.5) is 10.1 Å². The van der Waals surface area contributed by atoms with E-state index in [1.807, 2.05) is 68.8 Å². The second kappa shape index (κ2) is 14.8. The molecule has 5 nitrogen and oxygen atoms in total. The van der Waals surface area contributed by atoms with Gasteiger partial charge in [0, 0.05) is 25.9 Å². The van der Waals surface area contributed by atoms with Crippen molar-refractivity contribution in [2.24, 2.45) is 7.05 Å². The van der Waals surface area contributed by atoms with Crippen LogP contribution in [-0.2, 0) is 18.3 Å². The molecule has 2 rings (SSSR count). The Morgan fingerprint density at radius 2 is 2.14 bits per heavy atom. The molecule has 0 saturated heterocycles. The number of hydrogen-bond donors (Lipinski definition) is 2. The summed E-state index contributed by atoms with van der Waals surface area (Å²) >= 11 is 0. The lowest BCUT2D eigenvalue weighted by atomic mass is 10.1. The van der Waals surface area contributed by atoms with Crippen LogP contribution in [0.1, 0.15) is 39.2 Å². The van der Waals surface area contributed by atoms with Crippen LogP contribution >= 0.6 is 0 Å². The van der Waals surface area contributed by atoms with Crippen molar-refractivity contribution in [3.05, 3.63) is 83.7 Å². The van der Waals surface area contributed by atoms with Gasteiger partial charge in [-0.25, -0.2) is 9.37 Å². The number of benzene rings is 1. The van der Waals surface area contributed by atoms with E-state index >= 15 is 4.39 Å². The van der Waals surface area contributed by atoms with Crippen LogP contribution in [0, 0.1) is 18.2 Å². The first-order valence-corrected chi connectivity index (χ1v) is 11.9. The number of allylic oxidation sites excluding steroid dienone is 6. The Morgan fingerprint density at radius 1 is 1.34 bits per heavy atom. The average Bonchev–Trinajstić information content (AvgIpc) is 3.22. The predicted octanol–water partition coefficient (Wildman–Crippen LogP) is 6.18. The van der Waals surface area contributed by atoms with Crippen LogP contribution in [-0.4, -0.2) is 29.3 Å². The summed E-state index contributed by atoms with van der Waals surface area (Å²) < 4.78 is 22.9. The molecular weight excluding hydrogens is 439 g/mol. The summed E-state index contributed by atoms with van der Waals surface area (Å²) in [6.07, 6.45) is 19.9. The number of terminal acetylenes is 1. The van der Waals surface area contributed by atoms with Crippen molar-refractivity contribution in [3.63, 3.8) is 0 Å². The third-order valence-electron chi connectivity index (χ3n) is 5.55. The van der Waals surface area contributed by atoms with Gasteiger partial charge in [0.05, 0.1) is 24.1 Å². The Labute approximate surface area is 209 Å². The molecule has 1 aromatic carbocycles. The molecule has 6 heteroatoms. The van der Waals surface area contributed by atoms with Crippen molar-refractivity contribution in [2.75, 3.05) is 25.1 Å². The Kier molecular flexibility index (Phi) is 11.8. The number of rotatable bonds is 14. The Bertz CT molecular complexity index is 1160. The van der Waals surface area contributed by atoms with Crippen molar-refractivity contribution in [1.29, 1.82) is 0 Å². The predicted molar refractivity (Wildman–Crippen MR) is 145 cm³/mol. The molecule has 2 aromatic rings. The topological polar surface area (TPSA) is 51.1 Å². The minimum atomic E-state index is -0.337. The lowest BCUT2D eigenvalue weighted by Crippen LogP contribution is -2.17. The number of aryl methyl sites for hydroxylation is 1. The van der Waals surface area contributed by atoms with Gasteiger partial charge in [-0.2, -0.15) is 0 Å². The zero-order chi connectivity index (χ0) is 25.6. The number of fused-ring (bicyclic) bond motifs is 1. The van der Waals surface area contributed by atoms with Gasteiger partial charge in [-0.1, -0.05) is 36.8 Å². The number of nitrogens with zero attached hydrogens (tertiary/aromatic N) is 2. The van der Waals surface area contributed by atoms with Gasteiger partial charge in [0.15, 0.2) is 5.82 Å². The fourth-order valence-corrected chi connectivity index (χ4v) is 3.44. The summed E-state index contributed by atoms with van der Waals surface area (Å²) in [6.45, 7) is 12.4. The number of halogens is 1. The van der Waals surface area contributed by atoms with Gasteiger partial charge in [-0.3, -0.25) is 0 Å². The second-order valence-corrected chi connectivity index (χ2v) is 8.23. The number of aromatic nitrogens is 2. The van der Waals surface area contributed by atoms with Gasteiger partial charge in [0.1, 0.15) is 5.52 Å². The maximum Gasteiger partial charge on any atom is 0.174 e. The summed E-state index contributed by atoms with van der Waals surface area (Å²) in [6, 6.07) is 1.99. The van der Waals surface area contributed by atoms with E-state index in [4.69, 9.17) is 11.2 Å². The van der Waals surface area contributed by atoms with E-state index in [1.54, 1.807) is 12.4 Å². The lowest BCUT2D eigenvalue weighted by molar-refractivity contribution is 0.153. The van der Waals surface area contributed by atoms with E-state index in [-0.39, 0.29) is 5.82 Å². The Morgan fingerprint density at radius 3 is 2.86 bits per heavy atom. The van der Waals surface area contributed by atoms with Gasteiger partial charge in [-0.05, 0) is 75.1 Å². The molecule has 0 bridgehead atoms. The molecule has 0 amide bonds. The average molecular weight is 477 g/mol. The summed E-state index contributed by atoms with van der Waals surface area (Å²) in [5, 5.41) is 6.67. The molecule has 0 aliphatic heterocycles. The van der Waals surface area contributed by atoms with Crippen molar-refractivity contribution < 1.29 is 9.13 Å². The first-order chi connectivity index (χ1) is 16.9. The molecule has 2 N–H and O–H groups in total. The van der Waals surface area contributed by atoms with Gasteiger partial charge < -0.3 is 19.9 Å². The number of anilines is 1. The van der Waals surface area contributed by atoms with Crippen LogP contribution in [0.3, 0.4) is 0 Å². The highest BCUT2D eigenvalue weighted by Crippen LogP contribution is 2.29. The maximum absolute atomic E-state index is 15.3. The molecule has 0 aliphatic rings. The minimum Gasteiger partial charge on any atom is -0.377 e. The molecule has 1 heterocycles. The quantitative estimate of drug-likeness (QED) is 0.194. The second-order valence-electron chi connectivity index (χ2n) is 8.23. The molecule has 0 unspecified atom stereocenters. The minimum absolute atomic E-state index is 0.337. The highest BCUT2D eigenvalue weighted by Gasteiger charge is 2.17. The van der Waals surface area contributed by atoms with E-state index in [2.05, 4.69) is 28.1 Å². The molecule has 0 fully saturated rings. The van der Waals surface area contributed by atoms with Crippen LogP contribution in [0.15, 0.2) is 72.3 Å². The Balaban J connectivity index is 1.88. The Hall–Kier alpha value is -3.40. The summed E-state index contributed by atoms with van der Waals surface area (Å²) in [5.74, 6) is 2.12. The first kappa shape index (κ1) is 27.8. The molecule has 0 atom stereocenters. The van der Waals surface area contributed by atoms with Crippen molar-refractivity contribution in [3.8, 4) is 12.3 Å². The standard InChI is InChI=1S/C29H37FN4O/c1-7-10-11-15-22(4)23(5)20-35-17-13-12-16-31-19-24-18-26-29(32-21-34(26)6)27(30)28(24)33-25(9-3)14-8-2/h1,8-11,14-15,18,21,31,33H,5,12-13,16-17,19-20H2,2-4,6H3/b11-10-,14-8-,22-15-,25-9+. The molecule has 1 aromatic heterocycles. The first-order valence-electron chi connectivity index (χ1n) is 11.9.